The highest BCUT2D eigenvalue weighted by molar-refractivity contribution is 5.45. The SMILES string of the molecule is CC(C)c1ccc(N2CCCC(CN(C)C)C2)cn1.CO. The molecule has 1 aromatic heterocycles. The van der Waals surface area contributed by atoms with E-state index in [9.17, 15) is 0 Å². The quantitative estimate of drug-likeness (QED) is 0.926. The van der Waals surface area contributed by atoms with Gasteiger partial charge < -0.3 is 14.9 Å². The van der Waals surface area contributed by atoms with Crippen molar-refractivity contribution in [2.45, 2.75) is 32.6 Å². The zero-order chi connectivity index (χ0) is 15.8. The first kappa shape index (κ1) is 17.9. The molecule has 0 spiro atoms. The van der Waals surface area contributed by atoms with Crippen LogP contribution in [-0.2, 0) is 0 Å². The van der Waals surface area contributed by atoms with Gasteiger partial charge in [-0.1, -0.05) is 13.8 Å². The van der Waals surface area contributed by atoms with Gasteiger partial charge in [0.25, 0.3) is 0 Å². The van der Waals surface area contributed by atoms with Gasteiger partial charge in [-0.3, -0.25) is 4.98 Å². The first-order valence-corrected chi connectivity index (χ1v) is 7.86. The molecule has 1 aromatic rings. The van der Waals surface area contributed by atoms with Crippen LogP contribution in [0.15, 0.2) is 18.3 Å². The molecule has 1 aliphatic rings. The second-order valence-corrected chi connectivity index (χ2v) is 6.31. The number of rotatable bonds is 4. The number of nitrogens with zero attached hydrogens (tertiary/aromatic N) is 3. The Bertz CT molecular complexity index is 390. The summed E-state index contributed by atoms with van der Waals surface area (Å²) in [5, 5.41) is 7.00. The van der Waals surface area contributed by atoms with Gasteiger partial charge in [0.2, 0.25) is 0 Å². The summed E-state index contributed by atoms with van der Waals surface area (Å²) in [5.41, 5.74) is 2.47. The maximum Gasteiger partial charge on any atom is 0.0553 e. The lowest BCUT2D eigenvalue weighted by atomic mass is 9.97. The van der Waals surface area contributed by atoms with E-state index in [0.717, 1.165) is 13.0 Å². The monoisotopic (exact) mass is 293 g/mol. The first-order chi connectivity index (χ1) is 10.1. The molecule has 2 rings (SSSR count). The Morgan fingerprint density at radius 2 is 2.05 bits per heavy atom. The van der Waals surface area contributed by atoms with Crippen molar-refractivity contribution in [3.8, 4) is 0 Å². The third kappa shape index (κ3) is 5.64. The number of hydrogen-bond donors (Lipinski definition) is 1. The van der Waals surface area contributed by atoms with Gasteiger partial charge in [0.1, 0.15) is 0 Å². The van der Waals surface area contributed by atoms with E-state index in [0.29, 0.717) is 5.92 Å². The van der Waals surface area contributed by atoms with Gasteiger partial charge >= 0.3 is 0 Å². The summed E-state index contributed by atoms with van der Waals surface area (Å²) in [4.78, 5) is 9.38. The highest BCUT2D eigenvalue weighted by Crippen LogP contribution is 2.24. The number of piperidine rings is 1. The van der Waals surface area contributed by atoms with E-state index in [2.05, 4.69) is 54.9 Å². The summed E-state index contributed by atoms with van der Waals surface area (Å²) in [6.45, 7) is 7.91. The molecule has 1 atom stereocenters. The number of hydrogen-bond acceptors (Lipinski definition) is 4. The van der Waals surface area contributed by atoms with Crippen molar-refractivity contribution < 1.29 is 5.11 Å². The van der Waals surface area contributed by atoms with Crippen LogP contribution < -0.4 is 4.90 Å². The van der Waals surface area contributed by atoms with Crippen LogP contribution >= 0.6 is 0 Å². The molecule has 4 heteroatoms. The van der Waals surface area contributed by atoms with Crippen molar-refractivity contribution in [1.29, 1.82) is 0 Å². The molecule has 1 fully saturated rings. The van der Waals surface area contributed by atoms with Crippen molar-refractivity contribution >= 4 is 5.69 Å². The first-order valence-electron chi connectivity index (χ1n) is 7.86. The fourth-order valence-electron chi connectivity index (χ4n) is 2.89. The smallest absolute Gasteiger partial charge is 0.0553 e. The number of aromatic nitrogens is 1. The van der Waals surface area contributed by atoms with Crippen LogP contribution in [0, 0.1) is 5.92 Å². The molecular weight excluding hydrogens is 262 g/mol. The third-order valence-corrected chi connectivity index (χ3v) is 3.87. The van der Waals surface area contributed by atoms with Crippen molar-refractivity contribution in [2.24, 2.45) is 5.92 Å². The lowest BCUT2D eigenvalue weighted by Gasteiger charge is -2.35. The molecule has 4 nitrogen and oxygen atoms in total. The van der Waals surface area contributed by atoms with Gasteiger partial charge in [0, 0.05) is 32.4 Å². The molecule has 0 saturated carbocycles. The summed E-state index contributed by atoms with van der Waals surface area (Å²) in [5.74, 6) is 1.30. The fourth-order valence-corrected chi connectivity index (χ4v) is 2.89. The summed E-state index contributed by atoms with van der Waals surface area (Å²) >= 11 is 0. The van der Waals surface area contributed by atoms with Crippen LogP contribution in [0.4, 0.5) is 5.69 Å². The van der Waals surface area contributed by atoms with E-state index in [1.54, 1.807) is 0 Å². The molecule has 1 saturated heterocycles. The van der Waals surface area contributed by atoms with Crippen LogP contribution in [-0.4, -0.2) is 55.8 Å². The van der Waals surface area contributed by atoms with Gasteiger partial charge in [-0.2, -0.15) is 0 Å². The summed E-state index contributed by atoms with van der Waals surface area (Å²) in [6, 6.07) is 4.41. The molecule has 0 aliphatic carbocycles. The van der Waals surface area contributed by atoms with E-state index < -0.39 is 0 Å². The maximum absolute atomic E-state index is 7.00. The van der Waals surface area contributed by atoms with Gasteiger partial charge in [0.05, 0.1) is 11.9 Å². The maximum atomic E-state index is 7.00. The molecule has 0 radical (unpaired) electrons. The van der Waals surface area contributed by atoms with Crippen molar-refractivity contribution in [3.63, 3.8) is 0 Å². The molecular formula is C17H31N3O. The van der Waals surface area contributed by atoms with Crippen molar-refractivity contribution in [3.05, 3.63) is 24.0 Å². The van der Waals surface area contributed by atoms with Crippen molar-refractivity contribution in [2.75, 3.05) is 45.7 Å². The summed E-state index contributed by atoms with van der Waals surface area (Å²) < 4.78 is 0. The molecule has 0 aromatic carbocycles. The molecule has 0 amide bonds. The van der Waals surface area contributed by atoms with Gasteiger partial charge in [-0.15, -0.1) is 0 Å². The van der Waals surface area contributed by atoms with E-state index in [1.165, 1.54) is 43.9 Å². The van der Waals surface area contributed by atoms with Crippen LogP contribution in [0.5, 0.6) is 0 Å². The highest BCUT2D eigenvalue weighted by Gasteiger charge is 2.20. The predicted molar refractivity (Wildman–Crippen MR) is 90.0 cm³/mol. The topological polar surface area (TPSA) is 39.6 Å². The van der Waals surface area contributed by atoms with Gasteiger partial charge in [-0.05, 0) is 50.9 Å². The number of aliphatic hydroxyl groups is 1. The van der Waals surface area contributed by atoms with Crippen LogP contribution in [0.3, 0.4) is 0 Å². The molecule has 1 unspecified atom stereocenters. The minimum atomic E-state index is 0.511. The van der Waals surface area contributed by atoms with Crippen molar-refractivity contribution in [1.82, 2.24) is 9.88 Å². The number of aliphatic hydroxyl groups excluding tert-OH is 1. The second kappa shape index (κ2) is 9.00. The zero-order valence-electron chi connectivity index (χ0n) is 14.2. The van der Waals surface area contributed by atoms with E-state index in [-0.39, 0.29) is 0 Å². The normalized spacial score (nSPS) is 18.7. The van der Waals surface area contributed by atoms with Gasteiger partial charge in [-0.25, -0.2) is 0 Å². The minimum absolute atomic E-state index is 0.511. The molecule has 2 heterocycles. The Morgan fingerprint density at radius 3 is 2.57 bits per heavy atom. The highest BCUT2D eigenvalue weighted by atomic mass is 16.2. The molecule has 1 aliphatic heterocycles. The summed E-state index contributed by atoms with van der Waals surface area (Å²) in [7, 11) is 5.33. The standard InChI is InChI=1S/C16H27N3.CH4O/c1-13(2)16-8-7-15(10-17-16)19-9-5-6-14(12-19)11-18(3)4;1-2/h7-8,10,13-14H,5-6,9,11-12H2,1-4H3;2H,1H3. The average molecular weight is 293 g/mol. The van der Waals surface area contributed by atoms with Gasteiger partial charge in [0.15, 0.2) is 0 Å². The largest absolute Gasteiger partial charge is 0.400 e. The Kier molecular flexibility index (Phi) is 7.68. The Labute approximate surface area is 129 Å². The van der Waals surface area contributed by atoms with Crippen LogP contribution in [0.25, 0.3) is 0 Å². The van der Waals surface area contributed by atoms with Crippen LogP contribution in [0.1, 0.15) is 38.3 Å². The number of anilines is 1. The Balaban J connectivity index is 0.00000106. The molecule has 1 N–H and O–H groups in total. The zero-order valence-corrected chi connectivity index (χ0v) is 14.2. The predicted octanol–water partition coefficient (Wildman–Crippen LogP) is 2.59. The molecule has 120 valence electrons. The van der Waals surface area contributed by atoms with Crippen LogP contribution in [0.2, 0.25) is 0 Å². The lowest BCUT2D eigenvalue weighted by molar-refractivity contribution is 0.292. The van der Waals surface area contributed by atoms with E-state index in [1.807, 2.05) is 6.20 Å². The second-order valence-electron chi connectivity index (χ2n) is 6.31. The third-order valence-electron chi connectivity index (χ3n) is 3.87. The van der Waals surface area contributed by atoms with E-state index >= 15 is 0 Å². The Hall–Kier alpha value is -1.13. The molecule has 0 bridgehead atoms. The minimum Gasteiger partial charge on any atom is -0.400 e. The lowest BCUT2D eigenvalue weighted by Crippen LogP contribution is -2.39. The number of pyridine rings is 1. The Morgan fingerprint density at radius 1 is 1.33 bits per heavy atom. The average Bonchev–Trinajstić information content (AvgIpc) is 2.49. The molecule has 21 heavy (non-hydrogen) atoms. The fraction of sp³-hybridized carbons (Fsp3) is 0.706. The summed E-state index contributed by atoms with van der Waals surface area (Å²) in [6.07, 6.45) is 4.70. The van der Waals surface area contributed by atoms with E-state index in [4.69, 9.17) is 5.11 Å².